The Kier molecular flexibility index (Phi) is 3.76. The summed E-state index contributed by atoms with van der Waals surface area (Å²) in [6.07, 6.45) is 4.56. The van der Waals surface area contributed by atoms with Crippen LogP contribution in [0.15, 0.2) is 35.8 Å². The van der Waals surface area contributed by atoms with E-state index in [0.29, 0.717) is 0 Å². The molecule has 0 saturated carbocycles. The van der Waals surface area contributed by atoms with Gasteiger partial charge in [-0.2, -0.15) is 0 Å². The highest BCUT2D eigenvalue weighted by molar-refractivity contribution is 7.10. The summed E-state index contributed by atoms with van der Waals surface area (Å²) in [5.41, 5.74) is 2.35. The molecule has 3 nitrogen and oxygen atoms in total. The SMILES string of the molecule is c1ccc(-c2csc(CN3CCN4CCC3CC4)c2)nc1. The molecular formula is C17H21N3S. The molecule has 0 amide bonds. The fourth-order valence-corrected chi connectivity index (χ4v) is 4.40. The average molecular weight is 299 g/mol. The smallest absolute Gasteiger partial charge is 0.0710 e. The van der Waals surface area contributed by atoms with E-state index in [1.807, 2.05) is 23.6 Å². The second-order valence-corrected chi connectivity index (χ2v) is 7.06. The number of piperidine rings is 1. The maximum absolute atomic E-state index is 4.45. The van der Waals surface area contributed by atoms with Crippen LogP contribution in [0.3, 0.4) is 0 Å². The molecule has 3 fully saturated rings. The molecule has 110 valence electrons. The summed E-state index contributed by atoms with van der Waals surface area (Å²) in [5, 5.41) is 2.25. The van der Waals surface area contributed by atoms with Gasteiger partial charge in [-0.15, -0.1) is 11.3 Å². The molecule has 2 aromatic rings. The summed E-state index contributed by atoms with van der Waals surface area (Å²) in [4.78, 5) is 11.2. The van der Waals surface area contributed by atoms with Gasteiger partial charge in [0.25, 0.3) is 0 Å². The third kappa shape index (κ3) is 2.89. The van der Waals surface area contributed by atoms with Crippen LogP contribution in [-0.4, -0.2) is 47.0 Å². The quantitative estimate of drug-likeness (QED) is 0.868. The van der Waals surface area contributed by atoms with Crippen molar-refractivity contribution in [2.24, 2.45) is 0 Å². The zero-order chi connectivity index (χ0) is 14.1. The van der Waals surface area contributed by atoms with Crippen LogP contribution in [0.4, 0.5) is 0 Å². The molecule has 3 saturated heterocycles. The van der Waals surface area contributed by atoms with E-state index >= 15 is 0 Å². The molecule has 0 unspecified atom stereocenters. The third-order valence-electron chi connectivity index (χ3n) is 4.75. The summed E-state index contributed by atoms with van der Waals surface area (Å²) in [7, 11) is 0. The number of nitrogens with zero attached hydrogens (tertiary/aromatic N) is 3. The van der Waals surface area contributed by atoms with Crippen molar-refractivity contribution in [2.75, 3.05) is 26.2 Å². The Bertz CT molecular complexity index is 587. The fraction of sp³-hybridized carbons (Fsp3) is 0.471. The highest BCUT2D eigenvalue weighted by atomic mass is 32.1. The highest BCUT2D eigenvalue weighted by Gasteiger charge is 2.28. The van der Waals surface area contributed by atoms with E-state index in [4.69, 9.17) is 0 Å². The van der Waals surface area contributed by atoms with Gasteiger partial charge in [-0.05, 0) is 44.1 Å². The molecule has 2 bridgehead atoms. The predicted octanol–water partition coefficient (Wildman–Crippen LogP) is 3.09. The highest BCUT2D eigenvalue weighted by Crippen LogP contribution is 2.28. The van der Waals surface area contributed by atoms with E-state index in [1.54, 1.807) is 0 Å². The summed E-state index contributed by atoms with van der Waals surface area (Å²) in [5.74, 6) is 0. The molecule has 21 heavy (non-hydrogen) atoms. The minimum Gasteiger partial charge on any atom is -0.302 e. The Morgan fingerprint density at radius 2 is 2.05 bits per heavy atom. The van der Waals surface area contributed by atoms with Crippen LogP contribution >= 0.6 is 11.3 Å². The lowest BCUT2D eigenvalue weighted by atomic mass is 10.1. The predicted molar refractivity (Wildman–Crippen MR) is 87.4 cm³/mol. The Labute approximate surface area is 130 Å². The van der Waals surface area contributed by atoms with Gasteiger partial charge in [-0.3, -0.25) is 9.88 Å². The van der Waals surface area contributed by atoms with Gasteiger partial charge in [0.15, 0.2) is 0 Å². The fourth-order valence-electron chi connectivity index (χ4n) is 3.50. The van der Waals surface area contributed by atoms with Crippen LogP contribution in [-0.2, 0) is 6.54 Å². The number of fused-ring (bicyclic) bond motifs is 4. The summed E-state index contributed by atoms with van der Waals surface area (Å²) in [6, 6.07) is 9.24. The van der Waals surface area contributed by atoms with E-state index in [-0.39, 0.29) is 0 Å². The van der Waals surface area contributed by atoms with Gasteiger partial charge >= 0.3 is 0 Å². The first kappa shape index (κ1) is 13.4. The van der Waals surface area contributed by atoms with Crippen molar-refractivity contribution in [1.29, 1.82) is 0 Å². The Morgan fingerprint density at radius 3 is 2.86 bits per heavy atom. The largest absolute Gasteiger partial charge is 0.302 e. The van der Waals surface area contributed by atoms with Crippen molar-refractivity contribution in [3.05, 3.63) is 40.7 Å². The Morgan fingerprint density at radius 1 is 1.14 bits per heavy atom. The molecule has 0 aromatic carbocycles. The molecule has 3 aliphatic heterocycles. The standard InChI is InChI=1S/C17H21N3S/c1-2-6-18-17(3-1)14-11-16(21-13-14)12-20-10-9-19-7-4-15(20)5-8-19/h1-3,6,11,13,15H,4-5,7-10,12H2. The van der Waals surface area contributed by atoms with Crippen LogP contribution in [0.1, 0.15) is 17.7 Å². The van der Waals surface area contributed by atoms with E-state index in [9.17, 15) is 0 Å². The van der Waals surface area contributed by atoms with Crippen LogP contribution in [0, 0.1) is 0 Å². The normalized spacial score (nSPS) is 25.9. The van der Waals surface area contributed by atoms with Gasteiger partial charge in [0, 0.05) is 47.7 Å². The van der Waals surface area contributed by atoms with Crippen molar-refractivity contribution >= 4 is 11.3 Å². The number of aromatic nitrogens is 1. The van der Waals surface area contributed by atoms with Crippen molar-refractivity contribution < 1.29 is 0 Å². The number of pyridine rings is 1. The minimum atomic E-state index is 0.796. The summed E-state index contributed by atoms with van der Waals surface area (Å²) >= 11 is 1.88. The average Bonchev–Trinajstić information content (AvgIpc) is 2.84. The van der Waals surface area contributed by atoms with Gasteiger partial charge in [0.1, 0.15) is 0 Å². The molecule has 0 aliphatic carbocycles. The van der Waals surface area contributed by atoms with Gasteiger partial charge in [-0.1, -0.05) is 6.07 Å². The van der Waals surface area contributed by atoms with Gasteiger partial charge in [0.2, 0.25) is 0 Å². The molecule has 3 aliphatic rings. The van der Waals surface area contributed by atoms with Gasteiger partial charge in [-0.25, -0.2) is 0 Å². The third-order valence-corrected chi connectivity index (χ3v) is 5.67. The monoisotopic (exact) mass is 299 g/mol. The second kappa shape index (κ2) is 5.87. The molecule has 5 rings (SSSR count). The van der Waals surface area contributed by atoms with Gasteiger partial charge < -0.3 is 4.90 Å². The number of hydrogen-bond donors (Lipinski definition) is 0. The topological polar surface area (TPSA) is 19.4 Å². The lowest BCUT2D eigenvalue weighted by molar-refractivity contribution is 0.178. The van der Waals surface area contributed by atoms with Crippen molar-refractivity contribution in [1.82, 2.24) is 14.8 Å². The zero-order valence-electron chi connectivity index (χ0n) is 12.2. The molecule has 0 atom stereocenters. The lowest BCUT2D eigenvalue weighted by Gasteiger charge is -2.31. The number of thiophene rings is 1. The summed E-state index contributed by atoms with van der Waals surface area (Å²) in [6.45, 7) is 6.17. The summed E-state index contributed by atoms with van der Waals surface area (Å²) < 4.78 is 0. The molecular weight excluding hydrogens is 278 g/mol. The first-order valence-electron chi connectivity index (χ1n) is 7.84. The molecule has 0 N–H and O–H groups in total. The first-order valence-corrected chi connectivity index (χ1v) is 8.72. The van der Waals surface area contributed by atoms with Crippen LogP contribution in [0.5, 0.6) is 0 Å². The van der Waals surface area contributed by atoms with E-state index < -0.39 is 0 Å². The van der Waals surface area contributed by atoms with E-state index in [0.717, 1.165) is 18.3 Å². The van der Waals surface area contributed by atoms with E-state index in [2.05, 4.69) is 38.4 Å². The van der Waals surface area contributed by atoms with Gasteiger partial charge in [0.05, 0.1) is 5.69 Å². The first-order chi connectivity index (χ1) is 10.4. The maximum Gasteiger partial charge on any atom is 0.0710 e. The second-order valence-electron chi connectivity index (χ2n) is 6.06. The molecule has 0 spiro atoms. The molecule has 5 heterocycles. The van der Waals surface area contributed by atoms with Crippen LogP contribution in [0.2, 0.25) is 0 Å². The molecule has 4 heteroatoms. The zero-order valence-corrected chi connectivity index (χ0v) is 13.1. The van der Waals surface area contributed by atoms with Crippen molar-refractivity contribution in [3.8, 4) is 11.3 Å². The van der Waals surface area contributed by atoms with Crippen molar-refractivity contribution in [3.63, 3.8) is 0 Å². The van der Waals surface area contributed by atoms with E-state index in [1.165, 1.54) is 49.5 Å². The minimum absolute atomic E-state index is 0.796. The lowest BCUT2D eigenvalue weighted by Crippen LogP contribution is -2.37. The van der Waals surface area contributed by atoms with Crippen LogP contribution in [0.25, 0.3) is 11.3 Å². The number of hydrogen-bond acceptors (Lipinski definition) is 4. The molecule has 0 radical (unpaired) electrons. The molecule has 2 aromatic heterocycles. The maximum atomic E-state index is 4.45. The Balaban J connectivity index is 1.49. The van der Waals surface area contributed by atoms with Crippen molar-refractivity contribution in [2.45, 2.75) is 25.4 Å². The Hall–Kier alpha value is -1.23. The number of rotatable bonds is 3. The van der Waals surface area contributed by atoms with Crippen LogP contribution < -0.4 is 0 Å².